The molecular formula is C15H13N3O8S. The van der Waals surface area contributed by atoms with Crippen LogP contribution >= 0.6 is 0 Å². The molecule has 0 radical (unpaired) electrons. The van der Waals surface area contributed by atoms with Crippen LogP contribution in [0.5, 0.6) is 0 Å². The Morgan fingerprint density at radius 2 is 1.63 bits per heavy atom. The largest absolute Gasteiger partial charge is 0.468 e. The standard InChI is InChI=1S/C15H13N3O8S/c1-26-15(19)10-16(12-3-2-4-13(9-12)18(22)23)27(24,25)14-7-5-11(6-8-14)17(20)21/h2-9H,10H2,1H3. The molecule has 2 aromatic rings. The number of nitro groups is 2. The topological polar surface area (TPSA) is 150 Å². The van der Waals surface area contributed by atoms with Gasteiger partial charge in [0.15, 0.2) is 0 Å². The fraction of sp³-hybridized carbons (Fsp3) is 0.133. The summed E-state index contributed by atoms with van der Waals surface area (Å²) in [6.45, 7) is -0.739. The molecule has 0 heterocycles. The molecule has 142 valence electrons. The monoisotopic (exact) mass is 395 g/mol. The summed E-state index contributed by atoms with van der Waals surface area (Å²) in [5.41, 5.74) is -0.821. The number of carbonyl (C=O) groups is 1. The number of sulfonamides is 1. The minimum atomic E-state index is -4.36. The van der Waals surface area contributed by atoms with Gasteiger partial charge in [0.1, 0.15) is 6.54 Å². The summed E-state index contributed by atoms with van der Waals surface area (Å²) in [6.07, 6.45) is 0. The number of rotatable bonds is 7. The maximum absolute atomic E-state index is 12.9. The number of hydrogen-bond donors (Lipinski definition) is 0. The molecule has 0 N–H and O–H groups in total. The average molecular weight is 395 g/mol. The zero-order valence-corrected chi connectivity index (χ0v) is 14.7. The van der Waals surface area contributed by atoms with E-state index < -0.39 is 32.4 Å². The predicted molar refractivity (Wildman–Crippen MR) is 92.7 cm³/mol. The van der Waals surface area contributed by atoms with Crippen molar-refractivity contribution in [3.63, 3.8) is 0 Å². The molecule has 2 aromatic carbocycles. The Morgan fingerprint density at radius 3 is 2.15 bits per heavy atom. The van der Waals surface area contributed by atoms with Crippen LogP contribution in [0.4, 0.5) is 17.1 Å². The van der Waals surface area contributed by atoms with E-state index in [9.17, 15) is 33.4 Å². The van der Waals surface area contributed by atoms with E-state index in [0.29, 0.717) is 4.31 Å². The smallest absolute Gasteiger partial charge is 0.326 e. The second kappa shape index (κ2) is 7.78. The van der Waals surface area contributed by atoms with Gasteiger partial charge in [0, 0.05) is 24.3 Å². The van der Waals surface area contributed by atoms with Gasteiger partial charge in [-0.1, -0.05) is 6.07 Å². The van der Waals surface area contributed by atoms with E-state index in [4.69, 9.17) is 0 Å². The van der Waals surface area contributed by atoms with E-state index in [1.54, 1.807) is 0 Å². The van der Waals surface area contributed by atoms with Gasteiger partial charge in [0.05, 0.1) is 27.5 Å². The molecular weight excluding hydrogens is 382 g/mol. The number of nitrogens with zero attached hydrogens (tertiary/aromatic N) is 3. The second-order valence-electron chi connectivity index (χ2n) is 5.12. The highest BCUT2D eigenvalue weighted by Crippen LogP contribution is 2.27. The van der Waals surface area contributed by atoms with Crippen molar-refractivity contribution in [1.82, 2.24) is 0 Å². The first-order valence-corrected chi connectivity index (χ1v) is 8.69. The summed E-state index contributed by atoms with van der Waals surface area (Å²) in [7, 11) is -3.29. The molecule has 0 amide bonds. The van der Waals surface area contributed by atoms with Gasteiger partial charge in [-0.15, -0.1) is 0 Å². The zero-order valence-electron chi connectivity index (χ0n) is 13.8. The Hall–Kier alpha value is -3.54. The van der Waals surface area contributed by atoms with Crippen LogP contribution in [0.2, 0.25) is 0 Å². The van der Waals surface area contributed by atoms with Gasteiger partial charge in [-0.2, -0.15) is 0 Å². The zero-order chi connectivity index (χ0) is 20.2. The van der Waals surface area contributed by atoms with E-state index in [-0.39, 0.29) is 22.0 Å². The highest BCUT2D eigenvalue weighted by molar-refractivity contribution is 7.92. The fourth-order valence-electron chi connectivity index (χ4n) is 2.13. The number of anilines is 1. The molecule has 0 spiro atoms. The van der Waals surface area contributed by atoms with Crippen LogP contribution in [0.25, 0.3) is 0 Å². The number of carbonyl (C=O) groups excluding carboxylic acids is 1. The number of benzene rings is 2. The summed E-state index contributed by atoms with van der Waals surface area (Å²) in [6, 6.07) is 8.71. The molecule has 0 saturated heterocycles. The van der Waals surface area contributed by atoms with Crippen LogP contribution in [0.3, 0.4) is 0 Å². The molecule has 0 aliphatic heterocycles. The third kappa shape index (κ3) is 4.36. The molecule has 0 aliphatic rings. The van der Waals surface area contributed by atoms with Gasteiger partial charge in [-0.25, -0.2) is 8.42 Å². The summed E-state index contributed by atoms with van der Waals surface area (Å²) in [5, 5.41) is 21.7. The van der Waals surface area contributed by atoms with E-state index in [1.165, 1.54) is 12.1 Å². The normalized spacial score (nSPS) is 10.9. The molecule has 0 unspecified atom stereocenters. The predicted octanol–water partition coefficient (Wildman–Crippen LogP) is 1.87. The highest BCUT2D eigenvalue weighted by Gasteiger charge is 2.29. The van der Waals surface area contributed by atoms with Crippen molar-refractivity contribution in [1.29, 1.82) is 0 Å². The van der Waals surface area contributed by atoms with Crippen molar-refractivity contribution in [2.24, 2.45) is 0 Å². The van der Waals surface area contributed by atoms with Gasteiger partial charge in [0.2, 0.25) is 0 Å². The first-order valence-electron chi connectivity index (χ1n) is 7.25. The number of non-ortho nitro benzene ring substituents is 2. The lowest BCUT2D eigenvalue weighted by atomic mass is 10.3. The van der Waals surface area contributed by atoms with Crippen molar-refractivity contribution >= 4 is 33.1 Å². The molecule has 2 rings (SSSR count). The molecule has 27 heavy (non-hydrogen) atoms. The minimum Gasteiger partial charge on any atom is -0.468 e. The molecule has 0 fully saturated rings. The minimum absolute atomic E-state index is 0.132. The quantitative estimate of drug-likeness (QED) is 0.391. The average Bonchev–Trinajstić information content (AvgIpc) is 2.65. The number of ether oxygens (including phenoxy) is 1. The van der Waals surface area contributed by atoms with Crippen LogP contribution in [0, 0.1) is 20.2 Å². The van der Waals surface area contributed by atoms with E-state index in [2.05, 4.69) is 4.74 Å². The summed E-state index contributed by atoms with van der Waals surface area (Å²) < 4.78 is 31.0. The van der Waals surface area contributed by atoms with E-state index in [0.717, 1.165) is 43.5 Å². The van der Waals surface area contributed by atoms with Crippen molar-refractivity contribution in [3.8, 4) is 0 Å². The Balaban J connectivity index is 2.55. The van der Waals surface area contributed by atoms with Crippen molar-refractivity contribution in [2.75, 3.05) is 18.0 Å². The lowest BCUT2D eigenvalue weighted by Crippen LogP contribution is -2.36. The third-order valence-corrected chi connectivity index (χ3v) is 5.25. The van der Waals surface area contributed by atoms with Crippen LogP contribution in [-0.2, 0) is 19.6 Å². The van der Waals surface area contributed by atoms with Crippen LogP contribution < -0.4 is 4.31 Å². The van der Waals surface area contributed by atoms with Crippen molar-refractivity contribution in [3.05, 3.63) is 68.8 Å². The SMILES string of the molecule is COC(=O)CN(c1cccc([N+](=O)[O-])c1)S(=O)(=O)c1ccc([N+](=O)[O-])cc1. The third-order valence-electron chi connectivity index (χ3n) is 3.46. The maximum Gasteiger partial charge on any atom is 0.326 e. The molecule has 0 aromatic heterocycles. The van der Waals surface area contributed by atoms with Crippen molar-refractivity contribution in [2.45, 2.75) is 4.90 Å². The summed E-state index contributed by atoms with van der Waals surface area (Å²) >= 11 is 0. The molecule has 11 nitrogen and oxygen atoms in total. The Kier molecular flexibility index (Phi) is 5.70. The van der Waals surface area contributed by atoms with Crippen LogP contribution in [-0.4, -0.2) is 37.9 Å². The van der Waals surface area contributed by atoms with Gasteiger partial charge in [-0.05, 0) is 18.2 Å². The summed E-state index contributed by atoms with van der Waals surface area (Å²) in [5.74, 6) is -0.896. The molecule has 0 atom stereocenters. The Labute approximate surface area is 153 Å². The van der Waals surface area contributed by atoms with Crippen molar-refractivity contribution < 1.29 is 27.8 Å². The lowest BCUT2D eigenvalue weighted by Gasteiger charge is -2.23. The molecule has 0 bridgehead atoms. The van der Waals surface area contributed by atoms with E-state index >= 15 is 0 Å². The number of esters is 1. The van der Waals surface area contributed by atoms with E-state index in [1.807, 2.05) is 0 Å². The highest BCUT2D eigenvalue weighted by atomic mass is 32.2. The molecule has 0 aliphatic carbocycles. The lowest BCUT2D eigenvalue weighted by molar-refractivity contribution is -0.385. The maximum atomic E-state index is 12.9. The van der Waals surface area contributed by atoms with Crippen LogP contribution in [0.15, 0.2) is 53.4 Å². The first-order chi connectivity index (χ1) is 12.7. The van der Waals surface area contributed by atoms with Gasteiger partial charge >= 0.3 is 5.97 Å². The van der Waals surface area contributed by atoms with Crippen LogP contribution in [0.1, 0.15) is 0 Å². The first kappa shape index (κ1) is 19.8. The molecule has 0 saturated carbocycles. The number of hydrogen-bond acceptors (Lipinski definition) is 8. The van der Waals surface area contributed by atoms with Gasteiger partial charge < -0.3 is 4.74 Å². The Bertz CT molecular complexity index is 988. The fourth-order valence-corrected chi connectivity index (χ4v) is 3.53. The van der Waals surface area contributed by atoms with Gasteiger partial charge in [0.25, 0.3) is 21.4 Å². The summed E-state index contributed by atoms with van der Waals surface area (Å²) in [4.78, 5) is 31.6. The second-order valence-corrected chi connectivity index (χ2v) is 6.98. The van der Waals surface area contributed by atoms with Gasteiger partial charge in [-0.3, -0.25) is 29.3 Å². The number of nitro benzene ring substituents is 2. The Morgan fingerprint density at radius 1 is 1.04 bits per heavy atom. The molecule has 12 heteroatoms. The number of methoxy groups -OCH3 is 1.